The zero-order chi connectivity index (χ0) is 62.9. The third-order valence-corrected chi connectivity index (χ3v) is 14.8. The number of unbranched alkanes of at least 4 members (excludes halogenated alkanes) is 4. The van der Waals surface area contributed by atoms with Crippen molar-refractivity contribution in [2.24, 2.45) is 0 Å². The van der Waals surface area contributed by atoms with Crippen LogP contribution in [0.1, 0.15) is 205 Å². The molecule has 0 saturated carbocycles. The standard InChI is InChI=1S/C40H74N4O12S2.C9H16O6.2C4H8O3.18CH4/c1-5-47-23-11-7-9-19-43(21-15-41-17-25-48-6-2)37(45)13-31-57-58-32-14-38(46)44(20-10-8-12-24-49-35(3)55-33-39-51-27-28-52-39)22-16-42-18-26-50-36(4)56-34-40-53-29-30-54-40;10-8(11)1-2-12-3-4-13-7-9-14-5-6-15-9;2*5-3-4-6-1-2-7-4;;;;;;;;;;;;;;;;;;/h5-6,35-36,39-42H,1-2,7-34H2,3-4H3;9H,1-7H2,(H,10,11);2*4-5H,1-3H2;18*1H4. The molecule has 5 N–H and O–H groups in total. The summed E-state index contributed by atoms with van der Waals surface area (Å²) < 4.78 is 94.6. The van der Waals surface area contributed by atoms with Gasteiger partial charge in [0.05, 0.1) is 144 Å². The van der Waals surface area contributed by atoms with Gasteiger partial charge in [0, 0.05) is 83.3 Å². The number of aliphatic carboxylic acids is 1. The summed E-state index contributed by atoms with van der Waals surface area (Å²) in [6.45, 7) is 26.5. The third-order valence-electron chi connectivity index (χ3n) is 12.4. The molecule has 5 saturated heterocycles. The summed E-state index contributed by atoms with van der Waals surface area (Å²) in [6.07, 6.45) is 7.02. The van der Waals surface area contributed by atoms with Crippen molar-refractivity contribution in [3.8, 4) is 0 Å². The molecule has 5 fully saturated rings. The summed E-state index contributed by atoms with van der Waals surface area (Å²) in [7, 11) is 3.30. The molecule has 0 radical (unpaired) electrons. The molecule has 2 unspecified atom stereocenters. The summed E-state index contributed by atoms with van der Waals surface area (Å²) in [5, 5.41) is 31.7. The molecular weight excluding hydrogens is 1400 g/mol. The molecule has 5 aliphatic rings. The van der Waals surface area contributed by atoms with Crippen LogP contribution in [0, 0.1) is 0 Å². The number of aliphatic hydroxyl groups excluding tert-OH is 2. The SMILES string of the molecule is C.C.C.C.C.C.C.C.C.C.C.C.C.C.C.C.C.C.C=COCCCCCN(CCNCCOC=C)C(=O)CCSSCCC(=O)N(CCCCCOC(C)OCC1OCCO1)CCNCCOC(C)OCC1OCCO1.O=C(O)CCOCCOCC1OCCO1.OCC1OCCO1.OCC1OCCO1. The zero-order valence-electron chi connectivity index (χ0n) is 51.7. The molecule has 5 rings (SSSR count). The first-order chi connectivity index (χ1) is 42.6. The van der Waals surface area contributed by atoms with Gasteiger partial charge in [0.2, 0.25) is 11.8 Å². The minimum Gasteiger partial charge on any atom is -0.502 e. The average molecular weight is 1580 g/mol. The predicted octanol–water partition coefficient (Wildman–Crippen LogP) is 14.2. The first kappa shape index (κ1) is 144. The van der Waals surface area contributed by atoms with Crippen molar-refractivity contribution >= 4 is 39.4 Å². The highest BCUT2D eigenvalue weighted by atomic mass is 33.1. The predicted molar refractivity (Wildman–Crippen MR) is 443 cm³/mol. The van der Waals surface area contributed by atoms with Crippen LogP contribution in [0.25, 0.3) is 0 Å². The van der Waals surface area contributed by atoms with E-state index in [2.05, 4.69) is 23.8 Å². The summed E-state index contributed by atoms with van der Waals surface area (Å²) in [4.78, 5) is 40.5. The fraction of sp³-hybridized carbons (Fsp3) is 0.907. The molecule has 30 heteroatoms. The van der Waals surface area contributed by atoms with Gasteiger partial charge >= 0.3 is 5.97 Å². The maximum atomic E-state index is 13.4. The van der Waals surface area contributed by atoms with Crippen LogP contribution in [0.3, 0.4) is 0 Å². The van der Waals surface area contributed by atoms with Gasteiger partial charge in [0.1, 0.15) is 13.2 Å². The Hall–Kier alpha value is -2.61. The summed E-state index contributed by atoms with van der Waals surface area (Å²) in [5.74, 6) is 0.794. The van der Waals surface area contributed by atoms with Crippen molar-refractivity contribution in [3.05, 3.63) is 25.7 Å². The minimum atomic E-state index is -0.858. The van der Waals surface area contributed by atoms with E-state index in [4.69, 9.17) is 101 Å². The van der Waals surface area contributed by atoms with Gasteiger partial charge in [0.15, 0.2) is 44.0 Å². The summed E-state index contributed by atoms with van der Waals surface area (Å²) in [6, 6.07) is 0. The topological polar surface area (TPSA) is 309 Å². The van der Waals surface area contributed by atoms with E-state index in [1.54, 1.807) is 21.6 Å². The molecule has 0 spiro atoms. The van der Waals surface area contributed by atoms with Gasteiger partial charge in [-0.15, -0.1) is 0 Å². The largest absolute Gasteiger partial charge is 0.502 e. The average Bonchev–Trinajstić information content (AvgIpc) is 1.93. The lowest BCUT2D eigenvalue weighted by Gasteiger charge is -2.24. The fourth-order valence-corrected chi connectivity index (χ4v) is 9.76. The van der Waals surface area contributed by atoms with Crippen molar-refractivity contribution in [1.82, 2.24) is 20.4 Å². The van der Waals surface area contributed by atoms with Crippen molar-refractivity contribution < 1.29 is 115 Å². The Morgan fingerprint density at radius 1 is 0.400 bits per heavy atom. The maximum absolute atomic E-state index is 13.4. The Morgan fingerprint density at radius 2 is 0.733 bits per heavy atom. The monoisotopic (exact) mass is 1580 g/mol. The number of carboxylic acid groups (broad SMARTS) is 1. The van der Waals surface area contributed by atoms with Gasteiger partial charge < -0.3 is 121 Å². The van der Waals surface area contributed by atoms with Crippen LogP contribution in [-0.2, 0) is 99.6 Å². The van der Waals surface area contributed by atoms with E-state index in [9.17, 15) is 14.4 Å². The Balaban J connectivity index is -0.0000000918. The van der Waals surface area contributed by atoms with Crippen LogP contribution in [0.5, 0.6) is 0 Å². The molecular formula is C75H178N4O24S2. The second kappa shape index (κ2) is 106. The van der Waals surface area contributed by atoms with Crippen LogP contribution in [-0.4, -0.2) is 296 Å². The van der Waals surface area contributed by atoms with E-state index in [1.165, 1.54) is 12.5 Å². The number of nitrogens with zero attached hydrogens (tertiary/aromatic N) is 2. The number of ether oxygens (including phenoxy) is 18. The third kappa shape index (κ3) is 86.8. The number of aliphatic hydroxyl groups is 2. The number of carboxylic acids is 1. The molecule has 0 aromatic carbocycles. The molecule has 5 aliphatic heterocycles. The van der Waals surface area contributed by atoms with Gasteiger partial charge in [-0.25, -0.2) is 0 Å². The van der Waals surface area contributed by atoms with E-state index < -0.39 is 5.97 Å². The quantitative estimate of drug-likeness (QED) is 0.0164. The molecule has 0 bridgehead atoms. The van der Waals surface area contributed by atoms with Gasteiger partial charge in [-0.1, -0.05) is 168 Å². The van der Waals surface area contributed by atoms with E-state index in [0.717, 1.165) is 38.5 Å². The van der Waals surface area contributed by atoms with Gasteiger partial charge in [-0.05, 0) is 52.4 Å². The van der Waals surface area contributed by atoms with E-state index >= 15 is 0 Å². The Kier molecular flexibility index (Phi) is 145. The molecule has 2 atom stereocenters. The minimum absolute atomic E-state index is 0. The molecule has 5 heterocycles. The summed E-state index contributed by atoms with van der Waals surface area (Å²) >= 11 is 0. The van der Waals surface area contributed by atoms with E-state index in [-0.39, 0.29) is 216 Å². The highest BCUT2D eigenvalue weighted by Crippen LogP contribution is 2.24. The Labute approximate surface area is 656 Å². The zero-order valence-corrected chi connectivity index (χ0v) is 53.4. The summed E-state index contributed by atoms with van der Waals surface area (Å²) in [5.41, 5.74) is 0. The highest BCUT2D eigenvalue weighted by Gasteiger charge is 2.21. The second-order valence-corrected chi connectivity index (χ2v) is 21.9. The molecule has 0 aromatic heterocycles. The van der Waals surface area contributed by atoms with E-state index in [0.29, 0.717) is 202 Å². The lowest BCUT2D eigenvalue weighted by molar-refractivity contribution is -0.178. The molecule has 0 aliphatic carbocycles. The number of hydrogen-bond donors (Lipinski definition) is 5. The van der Waals surface area contributed by atoms with Crippen molar-refractivity contribution in [3.63, 3.8) is 0 Å². The van der Waals surface area contributed by atoms with Crippen LogP contribution >= 0.6 is 21.6 Å². The number of carbonyl (C=O) groups excluding carboxylic acids is 2. The normalized spacial score (nSPS) is 14.2. The highest BCUT2D eigenvalue weighted by molar-refractivity contribution is 8.76. The molecule has 0 aromatic rings. The van der Waals surface area contributed by atoms with Gasteiger partial charge in [-0.2, -0.15) is 0 Å². The molecule has 2 amide bonds. The number of rotatable bonds is 51. The number of nitrogens with one attached hydrogen (secondary N) is 2. The first-order valence-electron chi connectivity index (χ1n) is 30.5. The van der Waals surface area contributed by atoms with Gasteiger partial charge in [0.25, 0.3) is 0 Å². The Morgan fingerprint density at radius 3 is 1.10 bits per heavy atom. The maximum Gasteiger partial charge on any atom is 0.305 e. The van der Waals surface area contributed by atoms with Crippen molar-refractivity contribution in [2.75, 3.05) is 209 Å². The number of carbonyl (C=O) groups is 3. The van der Waals surface area contributed by atoms with Crippen molar-refractivity contribution in [1.29, 1.82) is 0 Å². The smallest absolute Gasteiger partial charge is 0.305 e. The van der Waals surface area contributed by atoms with E-state index in [1.807, 2.05) is 23.6 Å². The van der Waals surface area contributed by atoms with Crippen LogP contribution in [0.4, 0.5) is 0 Å². The second-order valence-electron chi connectivity index (χ2n) is 19.2. The molecule has 28 nitrogen and oxygen atoms in total. The lowest BCUT2D eigenvalue weighted by Crippen LogP contribution is -2.38. The lowest BCUT2D eigenvalue weighted by atomic mass is 10.2. The number of hydrogen-bond acceptors (Lipinski definition) is 27. The van der Waals surface area contributed by atoms with Crippen LogP contribution < -0.4 is 10.6 Å². The van der Waals surface area contributed by atoms with Gasteiger partial charge in [-0.3, -0.25) is 14.4 Å². The van der Waals surface area contributed by atoms with Crippen LogP contribution in [0.2, 0.25) is 0 Å². The fourth-order valence-electron chi connectivity index (χ4n) is 7.80. The number of amides is 2. The molecule has 105 heavy (non-hydrogen) atoms. The van der Waals surface area contributed by atoms with Crippen molar-refractivity contribution in [2.45, 2.75) is 249 Å². The Bertz CT molecular complexity index is 1560. The molecule has 654 valence electrons. The van der Waals surface area contributed by atoms with Crippen LogP contribution in [0.15, 0.2) is 25.7 Å². The first-order valence-corrected chi connectivity index (χ1v) is 32.9.